The summed E-state index contributed by atoms with van der Waals surface area (Å²) in [5.74, 6) is -0.937. The van der Waals surface area contributed by atoms with E-state index >= 15 is 0 Å². The van der Waals surface area contributed by atoms with Crippen molar-refractivity contribution in [3.05, 3.63) is 60.3 Å². The molecule has 3 aromatic rings. The molecule has 0 bridgehead atoms. The number of primary amides is 1. The van der Waals surface area contributed by atoms with Gasteiger partial charge in [0.25, 0.3) is 5.91 Å². The van der Waals surface area contributed by atoms with Crippen molar-refractivity contribution >= 4 is 5.91 Å². The molecule has 3 rings (SSSR count). The van der Waals surface area contributed by atoms with Gasteiger partial charge in [0.15, 0.2) is 0 Å². The van der Waals surface area contributed by atoms with Crippen LogP contribution in [-0.4, -0.2) is 21.1 Å². The fourth-order valence-corrected chi connectivity index (χ4v) is 2.10. The average Bonchev–Trinajstić information content (AvgIpc) is 2.97. The minimum atomic E-state index is -0.604. The van der Waals surface area contributed by atoms with E-state index in [9.17, 15) is 9.18 Å². The Morgan fingerprint density at radius 3 is 2.81 bits per heavy atom. The zero-order valence-electron chi connectivity index (χ0n) is 10.9. The summed E-state index contributed by atoms with van der Waals surface area (Å²) in [4.78, 5) is 15.1. The molecule has 0 unspecified atom stereocenters. The Bertz CT molecular complexity index is 813. The third kappa shape index (κ3) is 2.51. The Morgan fingerprint density at radius 2 is 2.05 bits per heavy atom. The van der Waals surface area contributed by atoms with Crippen LogP contribution in [0.5, 0.6) is 0 Å². The molecule has 3 N–H and O–H groups in total. The number of nitrogens with two attached hydrogens (primary N) is 1. The second-order valence-corrected chi connectivity index (χ2v) is 4.46. The van der Waals surface area contributed by atoms with E-state index in [1.165, 1.54) is 18.3 Å². The number of aromatic amines is 1. The summed E-state index contributed by atoms with van der Waals surface area (Å²) in [6.07, 6.45) is 3.11. The topological polar surface area (TPSA) is 84.7 Å². The summed E-state index contributed by atoms with van der Waals surface area (Å²) >= 11 is 0. The molecule has 0 aliphatic carbocycles. The Kier molecular flexibility index (Phi) is 3.19. The normalized spacial score (nSPS) is 10.5. The molecular weight excluding hydrogens is 271 g/mol. The van der Waals surface area contributed by atoms with Gasteiger partial charge in [-0.3, -0.25) is 14.9 Å². The van der Waals surface area contributed by atoms with Crippen LogP contribution in [0, 0.1) is 5.82 Å². The van der Waals surface area contributed by atoms with Crippen molar-refractivity contribution in [2.24, 2.45) is 5.73 Å². The first-order valence-corrected chi connectivity index (χ1v) is 6.20. The number of hydrogen-bond donors (Lipinski definition) is 2. The Labute approximate surface area is 119 Å². The first-order chi connectivity index (χ1) is 10.1. The van der Waals surface area contributed by atoms with E-state index in [1.54, 1.807) is 30.5 Å². The Morgan fingerprint density at radius 1 is 1.19 bits per heavy atom. The molecule has 0 saturated heterocycles. The first-order valence-electron chi connectivity index (χ1n) is 6.20. The van der Waals surface area contributed by atoms with Gasteiger partial charge in [0, 0.05) is 17.3 Å². The lowest BCUT2D eigenvalue weighted by Crippen LogP contribution is -2.12. The predicted molar refractivity (Wildman–Crippen MR) is 75.7 cm³/mol. The second kappa shape index (κ2) is 5.16. The maximum atomic E-state index is 13.4. The van der Waals surface area contributed by atoms with E-state index in [0.717, 1.165) is 11.1 Å². The third-order valence-corrected chi connectivity index (χ3v) is 3.08. The molecule has 1 amide bonds. The second-order valence-electron chi connectivity index (χ2n) is 4.46. The molecule has 104 valence electrons. The minimum absolute atomic E-state index is 0.166. The number of aromatic nitrogens is 3. The van der Waals surface area contributed by atoms with E-state index < -0.39 is 5.91 Å². The summed E-state index contributed by atoms with van der Waals surface area (Å²) < 4.78 is 13.4. The number of amides is 1. The molecule has 0 radical (unpaired) electrons. The number of rotatable bonds is 3. The van der Waals surface area contributed by atoms with Gasteiger partial charge in [-0.25, -0.2) is 4.39 Å². The molecule has 5 nitrogen and oxygen atoms in total. The molecule has 0 atom stereocenters. The van der Waals surface area contributed by atoms with Gasteiger partial charge in [-0.2, -0.15) is 5.10 Å². The number of nitrogens with one attached hydrogen (secondary N) is 1. The number of nitrogens with zero attached hydrogens (tertiary/aromatic N) is 2. The van der Waals surface area contributed by atoms with E-state index in [2.05, 4.69) is 15.2 Å². The molecule has 0 saturated carbocycles. The van der Waals surface area contributed by atoms with Crippen molar-refractivity contribution in [2.45, 2.75) is 0 Å². The maximum absolute atomic E-state index is 13.4. The van der Waals surface area contributed by atoms with E-state index in [-0.39, 0.29) is 11.5 Å². The van der Waals surface area contributed by atoms with Crippen molar-refractivity contribution in [2.75, 3.05) is 0 Å². The largest absolute Gasteiger partial charge is 0.364 e. The van der Waals surface area contributed by atoms with E-state index in [4.69, 9.17) is 5.73 Å². The van der Waals surface area contributed by atoms with Gasteiger partial charge in [0.2, 0.25) is 0 Å². The highest BCUT2D eigenvalue weighted by Gasteiger charge is 2.12. The molecule has 0 aliphatic heterocycles. The zero-order chi connectivity index (χ0) is 14.8. The predicted octanol–water partition coefficient (Wildman–Crippen LogP) is 2.38. The number of carbonyl (C=O) groups excluding carboxylic acids is 1. The monoisotopic (exact) mass is 282 g/mol. The lowest BCUT2D eigenvalue weighted by molar-refractivity contribution is 0.0995. The zero-order valence-corrected chi connectivity index (χ0v) is 10.9. The van der Waals surface area contributed by atoms with Gasteiger partial charge < -0.3 is 5.73 Å². The standard InChI is InChI=1S/C15H11FN4O/c16-11-3-1-2-10(6-11)14-12(8-19-20-14)9-4-5-18-13(7-9)15(17)21/h1-8H,(H2,17,21)(H,19,20). The van der Waals surface area contributed by atoms with Crippen LogP contribution in [0.15, 0.2) is 48.8 Å². The SMILES string of the molecule is NC(=O)c1cc(-c2cn[nH]c2-c2cccc(F)c2)ccn1. The summed E-state index contributed by atoms with van der Waals surface area (Å²) in [7, 11) is 0. The highest BCUT2D eigenvalue weighted by molar-refractivity contribution is 5.92. The summed E-state index contributed by atoms with van der Waals surface area (Å²) in [5.41, 5.74) is 8.20. The fourth-order valence-electron chi connectivity index (χ4n) is 2.10. The summed E-state index contributed by atoms with van der Waals surface area (Å²) in [6.45, 7) is 0. The molecule has 0 fully saturated rings. The van der Waals surface area contributed by atoms with Crippen LogP contribution in [0.2, 0.25) is 0 Å². The van der Waals surface area contributed by atoms with Crippen molar-refractivity contribution in [3.63, 3.8) is 0 Å². The molecule has 2 aromatic heterocycles. The van der Waals surface area contributed by atoms with Crippen LogP contribution in [0.4, 0.5) is 4.39 Å². The third-order valence-electron chi connectivity index (χ3n) is 3.08. The Balaban J connectivity index is 2.11. The average molecular weight is 282 g/mol. The van der Waals surface area contributed by atoms with Gasteiger partial charge in [-0.05, 0) is 29.8 Å². The summed E-state index contributed by atoms with van der Waals surface area (Å²) in [6, 6.07) is 9.49. The van der Waals surface area contributed by atoms with Gasteiger partial charge in [-0.1, -0.05) is 12.1 Å². The number of hydrogen-bond acceptors (Lipinski definition) is 3. The molecule has 6 heteroatoms. The highest BCUT2D eigenvalue weighted by atomic mass is 19.1. The van der Waals surface area contributed by atoms with Crippen molar-refractivity contribution in [3.8, 4) is 22.4 Å². The molecular formula is C15H11FN4O. The van der Waals surface area contributed by atoms with Crippen LogP contribution in [0.1, 0.15) is 10.5 Å². The molecule has 21 heavy (non-hydrogen) atoms. The van der Waals surface area contributed by atoms with Gasteiger partial charge >= 0.3 is 0 Å². The van der Waals surface area contributed by atoms with Crippen LogP contribution in [0.25, 0.3) is 22.4 Å². The molecule has 1 aromatic carbocycles. The number of pyridine rings is 1. The number of H-pyrrole nitrogens is 1. The van der Waals surface area contributed by atoms with Crippen molar-refractivity contribution < 1.29 is 9.18 Å². The molecule has 0 aliphatic rings. The maximum Gasteiger partial charge on any atom is 0.267 e. The van der Waals surface area contributed by atoms with Crippen molar-refractivity contribution in [1.82, 2.24) is 15.2 Å². The van der Waals surface area contributed by atoms with Crippen LogP contribution in [-0.2, 0) is 0 Å². The van der Waals surface area contributed by atoms with Gasteiger partial charge in [-0.15, -0.1) is 0 Å². The lowest BCUT2D eigenvalue weighted by Gasteiger charge is -2.05. The van der Waals surface area contributed by atoms with Crippen LogP contribution < -0.4 is 5.73 Å². The first kappa shape index (κ1) is 13.0. The summed E-state index contributed by atoms with van der Waals surface area (Å²) in [5, 5.41) is 6.84. The van der Waals surface area contributed by atoms with Gasteiger partial charge in [0.05, 0.1) is 11.9 Å². The van der Waals surface area contributed by atoms with E-state index in [0.29, 0.717) is 11.3 Å². The van der Waals surface area contributed by atoms with Gasteiger partial charge in [0.1, 0.15) is 11.5 Å². The van der Waals surface area contributed by atoms with Crippen LogP contribution in [0.3, 0.4) is 0 Å². The quantitative estimate of drug-likeness (QED) is 0.773. The smallest absolute Gasteiger partial charge is 0.267 e. The number of carbonyl (C=O) groups is 1. The van der Waals surface area contributed by atoms with Crippen molar-refractivity contribution in [1.29, 1.82) is 0 Å². The lowest BCUT2D eigenvalue weighted by atomic mass is 10.0. The minimum Gasteiger partial charge on any atom is -0.364 e. The highest BCUT2D eigenvalue weighted by Crippen LogP contribution is 2.30. The molecule has 2 heterocycles. The van der Waals surface area contributed by atoms with E-state index in [1.807, 2.05) is 0 Å². The fraction of sp³-hybridized carbons (Fsp3) is 0. The number of benzene rings is 1. The number of halogens is 1. The Hall–Kier alpha value is -3.02. The molecule has 0 spiro atoms. The van der Waals surface area contributed by atoms with Crippen LogP contribution >= 0.6 is 0 Å².